The quantitative estimate of drug-likeness (QED) is 0.931. The molecule has 1 saturated heterocycles. The van der Waals surface area contributed by atoms with Crippen LogP contribution in [0, 0.1) is 5.41 Å². The zero-order chi connectivity index (χ0) is 13.3. The molecule has 0 saturated carbocycles. The van der Waals surface area contributed by atoms with Crippen molar-refractivity contribution in [1.82, 2.24) is 4.90 Å². The van der Waals surface area contributed by atoms with Gasteiger partial charge in [-0.05, 0) is 44.5 Å². The molecule has 1 aliphatic heterocycles. The Morgan fingerprint density at radius 1 is 1.44 bits per heavy atom. The lowest BCUT2D eigenvalue weighted by atomic mass is 9.90. The number of carboxylic acids is 1. The van der Waals surface area contributed by atoms with Gasteiger partial charge in [0.2, 0.25) is 0 Å². The van der Waals surface area contributed by atoms with Gasteiger partial charge >= 0.3 is 5.97 Å². The van der Waals surface area contributed by atoms with E-state index in [-0.39, 0.29) is 6.04 Å². The topological polar surface area (TPSA) is 40.5 Å². The second-order valence-electron chi connectivity index (χ2n) is 5.31. The van der Waals surface area contributed by atoms with E-state index in [2.05, 4.69) is 39.9 Å². The van der Waals surface area contributed by atoms with Crippen molar-refractivity contribution in [3.05, 3.63) is 34.3 Å². The van der Waals surface area contributed by atoms with Crippen LogP contribution in [0.3, 0.4) is 0 Å². The fourth-order valence-electron chi connectivity index (χ4n) is 2.45. The summed E-state index contributed by atoms with van der Waals surface area (Å²) >= 11 is 3.42. The second-order valence-corrected chi connectivity index (χ2v) is 6.23. The summed E-state index contributed by atoms with van der Waals surface area (Å²) in [6, 6.07) is 8.49. The minimum atomic E-state index is -0.687. The van der Waals surface area contributed by atoms with E-state index in [1.807, 2.05) is 19.1 Å². The number of benzene rings is 1. The van der Waals surface area contributed by atoms with Crippen LogP contribution in [0.2, 0.25) is 0 Å². The minimum Gasteiger partial charge on any atom is -0.481 e. The molecule has 2 rings (SSSR count). The standard InChI is InChI=1S/C14H18BrNO2/c1-10(11-3-5-12(15)6-4-11)16-8-7-14(2,9-16)13(17)18/h3-6,10H,7-9H2,1-2H3,(H,17,18). The highest BCUT2D eigenvalue weighted by molar-refractivity contribution is 9.10. The molecule has 4 heteroatoms. The molecule has 1 heterocycles. The molecule has 0 aliphatic carbocycles. The van der Waals surface area contributed by atoms with E-state index in [1.54, 1.807) is 0 Å². The highest BCUT2D eigenvalue weighted by Gasteiger charge is 2.41. The molecule has 98 valence electrons. The first kappa shape index (κ1) is 13.6. The third-order valence-electron chi connectivity index (χ3n) is 3.92. The lowest BCUT2D eigenvalue weighted by Crippen LogP contribution is -2.32. The van der Waals surface area contributed by atoms with Crippen LogP contribution in [0.4, 0.5) is 0 Å². The van der Waals surface area contributed by atoms with Gasteiger partial charge in [0, 0.05) is 17.1 Å². The van der Waals surface area contributed by atoms with E-state index >= 15 is 0 Å². The molecule has 0 aromatic heterocycles. The maximum absolute atomic E-state index is 11.2. The van der Waals surface area contributed by atoms with Crippen molar-refractivity contribution in [2.45, 2.75) is 26.3 Å². The first-order chi connectivity index (χ1) is 8.42. The van der Waals surface area contributed by atoms with Crippen molar-refractivity contribution >= 4 is 21.9 Å². The highest BCUT2D eigenvalue weighted by Crippen LogP contribution is 2.35. The molecule has 18 heavy (non-hydrogen) atoms. The number of nitrogens with zero attached hydrogens (tertiary/aromatic N) is 1. The van der Waals surface area contributed by atoms with Gasteiger partial charge in [-0.2, -0.15) is 0 Å². The molecule has 2 unspecified atom stereocenters. The molecule has 1 aliphatic rings. The van der Waals surface area contributed by atoms with E-state index in [0.29, 0.717) is 6.54 Å². The number of likely N-dealkylation sites (tertiary alicyclic amines) is 1. The Bertz CT molecular complexity index is 446. The van der Waals surface area contributed by atoms with Crippen molar-refractivity contribution in [2.75, 3.05) is 13.1 Å². The third kappa shape index (κ3) is 2.59. The highest BCUT2D eigenvalue weighted by atomic mass is 79.9. The Hall–Kier alpha value is -0.870. The van der Waals surface area contributed by atoms with Crippen molar-refractivity contribution < 1.29 is 9.90 Å². The van der Waals surface area contributed by atoms with Gasteiger partial charge in [0.25, 0.3) is 0 Å². The molecule has 1 aromatic rings. The number of hydrogen-bond acceptors (Lipinski definition) is 2. The zero-order valence-electron chi connectivity index (χ0n) is 10.7. The fourth-order valence-corrected chi connectivity index (χ4v) is 2.72. The number of aliphatic carboxylic acids is 1. The first-order valence-corrected chi connectivity index (χ1v) is 6.94. The summed E-state index contributed by atoms with van der Waals surface area (Å²) in [5.41, 5.74) is 0.636. The number of hydrogen-bond donors (Lipinski definition) is 1. The Kier molecular flexibility index (Phi) is 3.78. The number of rotatable bonds is 3. The Labute approximate surface area is 116 Å². The van der Waals surface area contributed by atoms with E-state index in [0.717, 1.165) is 17.4 Å². The molecule has 0 radical (unpaired) electrons. The van der Waals surface area contributed by atoms with Gasteiger partial charge in [0.05, 0.1) is 5.41 Å². The average molecular weight is 312 g/mol. The maximum Gasteiger partial charge on any atom is 0.310 e. The summed E-state index contributed by atoms with van der Waals surface area (Å²) in [7, 11) is 0. The smallest absolute Gasteiger partial charge is 0.310 e. The van der Waals surface area contributed by atoms with Gasteiger partial charge in [-0.1, -0.05) is 28.1 Å². The van der Waals surface area contributed by atoms with Crippen LogP contribution in [0.5, 0.6) is 0 Å². The minimum absolute atomic E-state index is 0.263. The van der Waals surface area contributed by atoms with E-state index in [9.17, 15) is 9.90 Å². The van der Waals surface area contributed by atoms with E-state index < -0.39 is 11.4 Å². The lowest BCUT2D eigenvalue weighted by Gasteiger charge is -2.26. The van der Waals surface area contributed by atoms with Crippen LogP contribution in [0.25, 0.3) is 0 Å². The summed E-state index contributed by atoms with van der Waals surface area (Å²) in [5, 5.41) is 9.25. The largest absolute Gasteiger partial charge is 0.481 e. The van der Waals surface area contributed by atoms with Gasteiger partial charge in [0.15, 0.2) is 0 Å². The van der Waals surface area contributed by atoms with Crippen LogP contribution < -0.4 is 0 Å². The third-order valence-corrected chi connectivity index (χ3v) is 4.45. The number of halogens is 1. The summed E-state index contributed by atoms with van der Waals surface area (Å²) in [6.07, 6.45) is 0.725. The van der Waals surface area contributed by atoms with Crippen LogP contribution in [0.15, 0.2) is 28.7 Å². The second kappa shape index (κ2) is 5.02. The molecule has 0 bridgehead atoms. The molecule has 3 nitrogen and oxygen atoms in total. The Morgan fingerprint density at radius 3 is 2.56 bits per heavy atom. The van der Waals surface area contributed by atoms with Crippen molar-refractivity contribution in [3.8, 4) is 0 Å². The normalized spacial score (nSPS) is 26.2. The molecule has 1 fully saturated rings. The zero-order valence-corrected chi connectivity index (χ0v) is 12.3. The van der Waals surface area contributed by atoms with Gasteiger partial charge < -0.3 is 5.11 Å². The fraction of sp³-hybridized carbons (Fsp3) is 0.500. The molecular weight excluding hydrogens is 294 g/mol. The van der Waals surface area contributed by atoms with Crippen molar-refractivity contribution in [1.29, 1.82) is 0 Å². The molecule has 0 spiro atoms. The van der Waals surface area contributed by atoms with Crippen LogP contribution in [-0.4, -0.2) is 29.1 Å². The molecule has 0 amide bonds. The number of carbonyl (C=O) groups is 1. The monoisotopic (exact) mass is 311 g/mol. The summed E-state index contributed by atoms with van der Waals surface area (Å²) in [5.74, 6) is -0.687. The van der Waals surface area contributed by atoms with E-state index in [1.165, 1.54) is 5.56 Å². The summed E-state index contributed by atoms with van der Waals surface area (Å²) in [4.78, 5) is 13.5. The maximum atomic E-state index is 11.2. The average Bonchev–Trinajstić information content (AvgIpc) is 2.73. The molecule has 2 atom stereocenters. The van der Waals surface area contributed by atoms with Crippen molar-refractivity contribution in [3.63, 3.8) is 0 Å². The van der Waals surface area contributed by atoms with Crippen LogP contribution in [-0.2, 0) is 4.79 Å². The van der Waals surface area contributed by atoms with Crippen LogP contribution >= 0.6 is 15.9 Å². The Balaban J connectivity index is 2.10. The van der Waals surface area contributed by atoms with Gasteiger partial charge in [-0.15, -0.1) is 0 Å². The molecular formula is C14H18BrNO2. The van der Waals surface area contributed by atoms with Crippen molar-refractivity contribution in [2.24, 2.45) is 5.41 Å². The SMILES string of the molecule is CC(c1ccc(Br)cc1)N1CCC(C)(C(=O)O)C1. The lowest BCUT2D eigenvalue weighted by molar-refractivity contribution is -0.147. The predicted octanol–water partition coefficient (Wildman–Crippen LogP) is 3.31. The molecule has 1 aromatic carbocycles. The first-order valence-electron chi connectivity index (χ1n) is 6.15. The van der Waals surface area contributed by atoms with E-state index in [4.69, 9.17) is 0 Å². The molecule has 1 N–H and O–H groups in total. The summed E-state index contributed by atoms with van der Waals surface area (Å²) < 4.78 is 1.07. The Morgan fingerprint density at radius 2 is 2.06 bits per heavy atom. The predicted molar refractivity (Wildman–Crippen MR) is 74.5 cm³/mol. The van der Waals surface area contributed by atoms with Crippen LogP contribution in [0.1, 0.15) is 31.9 Å². The number of carboxylic acid groups (broad SMARTS) is 1. The van der Waals surface area contributed by atoms with Gasteiger partial charge in [-0.25, -0.2) is 0 Å². The summed E-state index contributed by atoms with van der Waals surface area (Å²) in [6.45, 7) is 5.44. The van der Waals surface area contributed by atoms with Gasteiger partial charge in [-0.3, -0.25) is 9.69 Å². The van der Waals surface area contributed by atoms with Gasteiger partial charge in [0.1, 0.15) is 0 Å².